The zero-order chi connectivity index (χ0) is 26.9. The zero-order valence-electron chi connectivity index (χ0n) is 20.4. The van der Waals surface area contributed by atoms with Gasteiger partial charge in [-0.1, -0.05) is 36.4 Å². The molecule has 0 N–H and O–H groups in total. The molecule has 3 aromatic rings. The molecular weight excluding hydrogens is 497 g/mol. The molecule has 1 aliphatic heterocycles. The molecule has 3 amide bonds. The highest BCUT2D eigenvalue weighted by molar-refractivity contribution is 6.21. The number of imide groups is 1. The van der Waals surface area contributed by atoms with E-state index >= 15 is 0 Å². The molecule has 5 rings (SSSR count). The molecule has 0 saturated heterocycles. The third-order valence-corrected chi connectivity index (χ3v) is 6.66. The minimum absolute atomic E-state index is 0.0816. The number of amides is 3. The van der Waals surface area contributed by atoms with Gasteiger partial charge < -0.3 is 9.64 Å². The van der Waals surface area contributed by atoms with E-state index in [1.54, 1.807) is 48.5 Å². The molecule has 0 bridgehead atoms. The van der Waals surface area contributed by atoms with Gasteiger partial charge >= 0.3 is 6.18 Å². The smallest absolute Gasteiger partial charge is 0.417 e. The molecule has 9 heteroatoms. The Hall–Kier alpha value is -4.14. The van der Waals surface area contributed by atoms with E-state index in [1.807, 2.05) is 0 Å². The average Bonchev–Trinajstić information content (AvgIpc) is 3.73. The van der Waals surface area contributed by atoms with Crippen LogP contribution in [-0.2, 0) is 12.7 Å². The summed E-state index contributed by atoms with van der Waals surface area (Å²) < 4.78 is 46.1. The van der Waals surface area contributed by atoms with Crippen LogP contribution < -0.4 is 4.74 Å². The highest BCUT2D eigenvalue weighted by Gasteiger charge is 2.39. The van der Waals surface area contributed by atoms with Gasteiger partial charge in [0.1, 0.15) is 5.75 Å². The van der Waals surface area contributed by atoms with Gasteiger partial charge in [-0.05, 0) is 61.2 Å². The van der Waals surface area contributed by atoms with Crippen molar-refractivity contribution in [2.24, 2.45) is 0 Å². The number of nitrogens with zero attached hydrogens (tertiary/aromatic N) is 2. The summed E-state index contributed by atoms with van der Waals surface area (Å²) in [5, 5.41) is 0. The molecule has 0 radical (unpaired) electrons. The molecule has 1 fully saturated rings. The first-order valence-electron chi connectivity index (χ1n) is 12.4. The van der Waals surface area contributed by atoms with Gasteiger partial charge in [0, 0.05) is 19.1 Å². The van der Waals surface area contributed by atoms with Crippen molar-refractivity contribution >= 4 is 17.7 Å². The van der Waals surface area contributed by atoms with Crippen molar-refractivity contribution in [3.63, 3.8) is 0 Å². The molecule has 6 nitrogen and oxygen atoms in total. The monoisotopic (exact) mass is 522 g/mol. The topological polar surface area (TPSA) is 66.9 Å². The molecule has 0 atom stereocenters. The Labute approximate surface area is 217 Å². The Balaban J connectivity index is 1.16. The van der Waals surface area contributed by atoms with Gasteiger partial charge in [-0.15, -0.1) is 0 Å². The summed E-state index contributed by atoms with van der Waals surface area (Å²) in [5.41, 5.74) is 0.322. The zero-order valence-corrected chi connectivity index (χ0v) is 20.4. The molecule has 196 valence electrons. The third kappa shape index (κ3) is 5.27. The minimum atomic E-state index is -4.61. The molecule has 1 heterocycles. The van der Waals surface area contributed by atoms with Crippen molar-refractivity contribution in [1.29, 1.82) is 0 Å². The number of carbonyl (C=O) groups excluding carboxylic acids is 3. The number of carbonyl (C=O) groups is 3. The second kappa shape index (κ2) is 10.3. The summed E-state index contributed by atoms with van der Waals surface area (Å²) in [4.78, 5) is 40.7. The Bertz CT molecular complexity index is 1330. The predicted molar refractivity (Wildman–Crippen MR) is 133 cm³/mol. The van der Waals surface area contributed by atoms with Crippen LogP contribution in [0.25, 0.3) is 0 Å². The largest absolute Gasteiger partial charge is 0.494 e. The fourth-order valence-electron chi connectivity index (χ4n) is 4.57. The first kappa shape index (κ1) is 25.5. The van der Waals surface area contributed by atoms with Crippen LogP contribution in [0.3, 0.4) is 0 Å². The van der Waals surface area contributed by atoms with E-state index in [0.717, 1.165) is 24.5 Å². The number of hydrogen-bond donors (Lipinski definition) is 0. The van der Waals surface area contributed by atoms with E-state index in [9.17, 15) is 27.6 Å². The maximum Gasteiger partial charge on any atom is 0.417 e. The summed E-state index contributed by atoms with van der Waals surface area (Å²) in [6.45, 7) is 0.714. The number of halogens is 3. The first-order chi connectivity index (χ1) is 18.2. The van der Waals surface area contributed by atoms with Crippen LogP contribution in [0.1, 0.15) is 61.5 Å². The predicted octanol–water partition coefficient (Wildman–Crippen LogP) is 5.58. The van der Waals surface area contributed by atoms with E-state index in [4.69, 9.17) is 4.74 Å². The summed E-state index contributed by atoms with van der Waals surface area (Å²) >= 11 is 0. The van der Waals surface area contributed by atoms with E-state index < -0.39 is 17.6 Å². The fourth-order valence-corrected chi connectivity index (χ4v) is 4.57. The lowest BCUT2D eigenvalue weighted by atomic mass is 10.1. The van der Waals surface area contributed by atoms with Crippen molar-refractivity contribution in [2.45, 2.75) is 38.0 Å². The standard InChI is InChI=1S/C29H25F3N2O4/c30-29(31,32)25-9-4-3-8-24(25)28(37)34(20-12-13-20)18-19-10-14-21(15-11-19)38-17-5-16-33-26(35)22-6-1-2-7-23(22)27(33)36/h1-4,6-11,14-15,20H,5,12-13,16-18H2. The minimum Gasteiger partial charge on any atom is -0.494 e. The van der Waals surface area contributed by atoms with E-state index in [2.05, 4.69) is 0 Å². The molecule has 38 heavy (non-hydrogen) atoms. The number of ether oxygens (including phenoxy) is 1. The van der Waals surface area contributed by atoms with Crippen LogP contribution in [0.2, 0.25) is 0 Å². The lowest BCUT2D eigenvalue weighted by Crippen LogP contribution is -2.34. The highest BCUT2D eigenvalue weighted by atomic mass is 19.4. The summed E-state index contributed by atoms with van der Waals surface area (Å²) in [7, 11) is 0. The SMILES string of the molecule is O=C1c2ccccc2C(=O)N1CCCOc1ccc(CN(C(=O)c2ccccc2C(F)(F)F)C2CC2)cc1. The van der Waals surface area contributed by atoms with Gasteiger partial charge in [-0.3, -0.25) is 19.3 Å². The van der Waals surface area contributed by atoms with E-state index in [1.165, 1.54) is 28.0 Å². The van der Waals surface area contributed by atoms with Crippen LogP contribution in [0.5, 0.6) is 5.75 Å². The number of benzene rings is 3. The van der Waals surface area contributed by atoms with Gasteiger partial charge in [0.2, 0.25) is 0 Å². The van der Waals surface area contributed by atoms with Crippen molar-refractivity contribution in [1.82, 2.24) is 9.80 Å². The van der Waals surface area contributed by atoms with Crippen LogP contribution in [0.15, 0.2) is 72.8 Å². The van der Waals surface area contributed by atoms with E-state index in [-0.39, 0.29) is 43.1 Å². The molecule has 2 aliphatic rings. The molecular formula is C29H25F3N2O4. The van der Waals surface area contributed by atoms with Crippen LogP contribution >= 0.6 is 0 Å². The van der Waals surface area contributed by atoms with E-state index in [0.29, 0.717) is 23.3 Å². The van der Waals surface area contributed by atoms with Gasteiger partial charge in [0.05, 0.1) is 28.9 Å². The molecule has 1 aliphatic carbocycles. The second-order valence-electron chi connectivity index (χ2n) is 9.36. The molecule has 0 spiro atoms. The maximum atomic E-state index is 13.5. The van der Waals surface area contributed by atoms with Gasteiger partial charge in [0.25, 0.3) is 17.7 Å². The second-order valence-corrected chi connectivity index (χ2v) is 9.36. The third-order valence-electron chi connectivity index (χ3n) is 6.66. The Kier molecular flexibility index (Phi) is 6.93. The number of alkyl halides is 3. The summed E-state index contributed by atoms with van der Waals surface area (Å²) in [6.07, 6.45) is -2.64. The highest BCUT2D eigenvalue weighted by Crippen LogP contribution is 2.35. The van der Waals surface area contributed by atoms with Gasteiger partial charge in [0.15, 0.2) is 0 Å². The Morgan fingerprint density at radius 2 is 1.50 bits per heavy atom. The van der Waals surface area contributed by atoms with Crippen LogP contribution in [-0.4, -0.2) is 46.7 Å². The normalized spacial score (nSPS) is 15.0. The van der Waals surface area contributed by atoms with Crippen LogP contribution in [0.4, 0.5) is 13.2 Å². The lowest BCUT2D eigenvalue weighted by molar-refractivity contribution is -0.138. The molecule has 0 unspecified atom stereocenters. The average molecular weight is 523 g/mol. The van der Waals surface area contributed by atoms with Crippen molar-refractivity contribution in [3.8, 4) is 5.75 Å². The van der Waals surface area contributed by atoms with Crippen molar-refractivity contribution < 1.29 is 32.3 Å². The fraction of sp³-hybridized carbons (Fsp3) is 0.276. The van der Waals surface area contributed by atoms with Gasteiger partial charge in [-0.2, -0.15) is 13.2 Å². The number of hydrogen-bond acceptors (Lipinski definition) is 4. The Morgan fingerprint density at radius 3 is 2.11 bits per heavy atom. The number of rotatable bonds is 9. The molecule has 0 aromatic heterocycles. The summed E-state index contributed by atoms with van der Waals surface area (Å²) in [5.74, 6) is -0.665. The van der Waals surface area contributed by atoms with Crippen molar-refractivity contribution in [3.05, 3.63) is 101 Å². The Morgan fingerprint density at radius 1 is 0.895 bits per heavy atom. The molecule has 3 aromatic carbocycles. The number of fused-ring (bicyclic) bond motifs is 1. The van der Waals surface area contributed by atoms with Gasteiger partial charge in [-0.25, -0.2) is 0 Å². The first-order valence-corrected chi connectivity index (χ1v) is 12.4. The quantitative estimate of drug-likeness (QED) is 0.272. The maximum absolute atomic E-state index is 13.5. The molecule has 1 saturated carbocycles. The summed E-state index contributed by atoms with van der Waals surface area (Å²) in [6, 6.07) is 18.5. The lowest BCUT2D eigenvalue weighted by Gasteiger charge is -2.24. The van der Waals surface area contributed by atoms with Crippen LogP contribution in [0, 0.1) is 0 Å². The van der Waals surface area contributed by atoms with Crippen molar-refractivity contribution in [2.75, 3.05) is 13.2 Å².